The summed E-state index contributed by atoms with van der Waals surface area (Å²) < 4.78 is 0. The molecule has 2 aromatic rings. The van der Waals surface area contributed by atoms with Gasteiger partial charge in [0.2, 0.25) is 0 Å². The second-order valence-electron chi connectivity index (χ2n) is 6.62. The van der Waals surface area contributed by atoms with Crippen molar-refractivity contribution in [2.24, 2.45) is 5.73 Å². The lowest BCUT2D eigenvalue weighted by molar-refractivity contribution is 0.367. The van der Waals surface area contributed by atoms with Crippen molar-refractivity contribution in [1.29, 1.82) is 0 Å². The molecule has 0 bridgehead atoms. The van der Waals surface area contributed by atoms with Crippen LogP contribution < -0.4 is 11.1 Å². The molecule has 2 heteroatoms. The van der Waals surface area contributed by atoms with E-state index in [0.717, 1.165) is 6.54 Å². The summed E-state index contributed by atoms with van der Waals surface area (Å²) in [6.07, 6.45) is 0. The summed E-state index contributed by atoms with van der Waals surface area (Å²) in [7, 11) is 0. The predicted molar refractivity (Wildman–Crippen MR) is 90.5 cm³/mol. The van der Waals surface area contributed by atoms with E-state index in [9.17, 15) is 0 Å². The molecule has 0 unspecified atom stereocenters. The van der Waals surface area contributed by atoms with Crippen molar-refractivity contribution >= 4 is 0 Å². The highest BCUT2D eigenvalue weighted by atomic mass is 15.0. The van der Waals surface area contributed by atoms with Gasteiger partial charge in [0, 0.05) is 24.0 Å². The van der Waals surface area contributed by atoms with E-state index in [0.29, 0.717) is 6.54 Å². The van der Waals surface area contributed by atoms with Gasteiger partial charge in [-0.2, -0.15) is 0 Å². The second kappa shape index (κ2) is 6.42. The Kier molecular flexibility index (Phi) is 4.81. The van der Waals surface area contributed by atoms with Gasteiger partial charge in [0.25, 0.3) is 0 Å². The quantitative estimate of drug-likeness (QED) is 0.883. The molecule has 0 amide bonds. The molecule has 0 heterocycles. The van der Waals surface area contributed by atoms with Crippen LogP contribution in [0, 0.1) is 0 Å². The van der Waals surface area contributed by atoms with Crippen molar-refractivity contribution in [3.63, 3.8) is 0 Å². The lowest BCUT2D eigenvalue weighted by atomic mass is 9.74. The third kappa shape index (κ3) is 3.72. The minimum atomic E-state index is -0.199. The fourth-order valence-corrected chi connectivity index (χ4v) is 2.61. The summed E-state index contributed by atoms with van der Waals surface area (Å²) in [5.74, 6) is 0. The molecule has 0 radical (unpaired) electrons. The number of benzene rings is 2. The zero-order valence-corrected chi connectivity index (χ0v) is 13.3. The van der Waals surface area contributed by atoms with Crippen LogP contribution in [-0.4, -0.2) is 18.6 Å². The van der Waals surface area contributed by atoms with Crippen molar-refractivity contribution < 1.29 is 0 Å². The molecule has 0 atom stereocenters. The minimum Gasteiger partial charge on any atom is -0.329 e. The van der Waals surface area contributed by atoms with Gasteiger partial charge in [0.1, 0.15) is 0 Å². The van der Waals surface area contributed by atoms with Crippen molar-refractivity contribution in [1.82, 2.24) is 5.32 Å². The van der Waals surface area contributed by atoms with Crippen LogP contribution in [0.25, 0.3) is 0 Å². The van der Waals surface area contributed by atoms with Crippen molar-refractivity contribution in [3.8, 4) is 0 Å². The maximum Gasteiger partial charge on any atom is 0.0449 e. The van der Waals surface area contributed by atoms with Gasteiger partial charge in [-0.05, 0) is 31.9 Å². The molecular formula is C19H26N2. The van der Waals surface area contributed by atoms with Crippen molar-refractivity contribution in [2.45, 2.75) is 31.7 Å². The molecular weight excluding hydrogens is 256 g/mol. The average Bonchev–Trinajstić information content (AvgIpc) is 2.49. The Morgan fingerprint density at radius 1 is 0.810 bits per heavy atom. The van der Waals surface area contributed by atoms with E-state index in [4.69, 9.17) is 5.73 Å². The molecule has 0 aliphatic heterocycles. The van der Waals surface area contributed by atoms with Crippen LogP contribution in [0.15, 0.2) is 60.7 Å². The molecule has 0 saturated carbocycles. The third-order valence-corrected chi connectivity index (χ3v) is 3.92. The number of hydrogen-bond donors (Lipinski definition) is 2. The monoisotopic (exact) mass is 282 g/mol. The summed E-state index contributed by atoms with van der Waals surface area (Å²) in [5, 5.41) is 3.63. The minimum absolute atomic E-state index is 0.0595. The van der Waals surface area contributed by atoms with Crippen molar-refractivity contribution in [3.05, 3.63) is 71.8 Å². The smallest absolute Gasteiger partial charge is 0.0449 e. The van der Waals surface area contributed by atoms with Crippen LogP contribution >= 0.6 is 0 Å². The van der Waals surface area contributed by atoms with Gasteiger partial charge in [-0.15, -0.1) is 0 Å². The molecule has 0 saturated heterocycles. The van der Waals surface area contributed by atoms with Gasteiger partial charge in [-0.25, -0.2) is 0 Å². The Morgan fingerprint density at radius 2 is 1.24 bits per heavy atom. The van der Waals surface area contributed by atoms with Gasteiger partial charge < -0.3 is 11.1 Å². The van der Waals surface area contributed by atoms with E-state index in [-0.39, 0.29) is 11.0 Å². The standard InChI is InChI=1S/C19H26N2/c1-18(2,3)21-15-19(14-20,16-10-6-4-7-11-16)17-12-8-5-9-13-17/h4-13,21H,14-15,20H2,1-3H3. The maximum absolute atomic E-state index is 6.26. The van der Waals surface area contributed by atoms with E-state index in [2.05, 4.69) is 74.6 Å². The molecule has 21 heavy (non-hydrogen) atoms. The Morgan fingerprint density at radius 3 is 1.57 bits per heavy atom. The Labute approximate surface area is 128 Å². The van der Waals surface area contributed by atoms with E-state index in [1.165, 1.54) is 11.1 Å². The molecule has 2 rings (SSSR count). The summed E-state index contributed by atoms with van der Waals surface area (Å²) in [4.78, 5) is 0. The molecule has 0 aliphatic carbocycles. The largest absolute Gasteiger partial charge is 0.329 e. The maximum atomic E-state index is 6.26. The van der Waals surface area contributed by atoms with Crippen LogP contribution in [-0.2, 0) is 5.41 Å². The molecule has 3 N–H and O–H groups in total. The Bertz CT molecular complexity index is 501. The second-order valence-corrected chi connectivity index (χ2v) is 6.62. The molecule has 0 fully saturated rings. The summed E-state index contributed by atoms with van der Waals surface area (Å²) in [6.45, 7) is 7.95. The summed E-state index contributed by atoms with van der Waals surface area (Å²) in [6, 6.07) is 21.1. The average molecular weight is 282 g/mol. The van der Waals surface area contributed by atoms with E-state index in [1.54, 1.807) is 0 Å². The first-order valence-corrected chi connectivity index (χ1v) is 7.54. The molecule has 0 aliphatic rings. The van der Waals surface area contributed by atoms with E-state index in [1.807, 2.05) is 12.1 Å². The predicted octanol–water partition coefficient (Wildman–Crippen LogP) is 3.32. The number of hydrogen-bond acceptors (Lipinski definition) is 2. The van der Waals surface area contributed by atoms with Crippen molar-refractivity contribution in [2.75, 3.05) is 13.1 Å². The zero-order valence-electron chi connectivity index (χ0n) is 13.3. The zero-order chi connectivity index (χ0) is 15.3. The lowest BCUT2D eigenvalue weighted by Crippen LogP contribution is -2.50. The van der Waals surface area contributed by atoms with Gasteiger partial charge in [-0.3, -0.25) is 0 Å². The first-order valence-electron chi connectivity index (χ1n) is 7.54. The number of rotatable bonds is 5. The van der Waals surface area contributed by atoms with Crippen LogP contribution in [0.4, 0.5) is 0 Å². The van der Waals surface area contributed by atoms with Gasteiger partial charge >= 0.3 is 0 Å². The Balaban J connectivity index is 2.47. The molecule has 2 aromatic carbocycles. The number of nitrogens with one attached hydrogen (secondary N) is 1. The summed E-state index contributed by atoms with van der Waals surface area (Å²) in [5.41, 5.74) is 8.64. The van der Waals surface area contributed by atoms with Gasteiger partial charge in [0.15, 0.2) is 0 Å². The summed E-state index contributed by atoms with van der Waals surface area (Å²) >= 11 is 0. The van der Waals surface area contributed by atoms with Crippen LogP contribution in [0.1, 0.15) is 31.9 Å². The molecule has 112 valence electrons. The fourth-order valence-electron chi connectivity index (χ4n) is 2.61. The molecule has 2 nitrogen and oxygen atoms in total. The number of nitrogens with two attached hydrogens (primary N) is 1. The first-order chi connectivity index (χ1) is 9.98. The fraction of sp³-hybridized carbons (Fsp3) is 0.368. The third-order valence-electron chi connectivity index (χ3n) is 3.92. The van der Waals surface area contributed by atoms with Crippen LogP contribution in [0.5, 0.6) is 0 Å². The normalized spacial score (nSPS) is 12.4. The SMILES string of the molecule is CC(C)(C)NCC(CN)(c1ccccc1)c1ccccc1. The lowest BCUT2D eigenvalue weighted by Gasteiger charge is -2.37. The van der Waals surface area contributed by atoms with Crippen LogP contribution in [0.3, 0.4) is 0 Å². The first kappa shape index (κ1) is 15.7. The molecule has 0 aromatic heterocycles. The van der Waals surface area contributed by atoms with Crippen LogP contribution in [0.2, 0.25) is 0 Å². The highest BCUT2D eigenvalue weighted by Crippen LogP contribution is 2.31. The highest BCUT2D eigenvalue weighted by molar-refractivity contribution is 5.40. The topological polar surface area (TPSA) is 38.0 Å². The molecule has 0 spiro atoms. The highest BCUT2D eigenvalue weighted by Gasteiger charge is 2.33. The van der Waals surface area contributed by atoms with E-state index >= 15 is 0 Å². The van der Waals surface area contributed by atoms with Gasteiger partial charge in [0.05, 0.1) is 0 Å². The van der Waals surface area contributed by atoms with Gasteiger partial charge in [-0.1, -0.05) is 60.7 Å². The Hall–Kier alpha value is -1.64. The van der Waals surface area contributed by atoms with E-state index < -0.39 is 0 Å².